The molecule has 7 heteroatoms. The summed E-state index contributed by atoms with van der Waals surface area (Å²) in [7, 11) is 5.74. The Bertz CT molecular complexity index is 1210. The maximum absolute atomic E-state index is 12.0. The fraction of sp³-hybridized carbons (Fsp3) is 0.240. The van der Waals surface area contributed by atoms with Crippen LogP contribution in [-0.2, 0) is 0 Å². The lowest BCUT2D eigenvalue weighted by Crippen LogP contribution is -2.17. The van der Waals surface area contributed by atoms with Crippen LogP contribution in [0.15, 0.2) is 66.9 Å². The number of hydrogen-bond donors (Lipinski definition) is 1. The third-order valence-electron chi connectivity index (χ3n) is 5.22. The molecule has 1 amide bonds. The number of benzene rings is 2. The van der Waals surface area contributed by atoms with E-state index in [4.69, 9.17) is 4.74 Å². The van der Waals surface area contributed by atoms with Crippen LogP contribution in [-0.4, -0.2) is 59.7 Å². The van der Waals surface area contributed by atoms with Gasteiger partial charge in [0.15, 0.2) is 11.5 Å². The highest BCUT2D eigenvalue weighted by molar-refractivity contribution is 5.95. The largest absolute Gasteiger partial charge is 0.494 e. The molecule has 4 rings (SSSR count). The molecule has 2 heterocycles. The van der Waals surface area contributed by atoms with Gasteiger partial charge in [-0.15, -0.1) is 10.2 Å². The number of pyridine rings is 1. The van der Waals surface area contributed by atoms with Gasteiger partial charge in [0, 0.05) is 30.9 Å². The molecule has 0 aliphatic heterocycles. The minimum atomic E-state index is -0.109. The van der Waals surface area contributed by atoms with Gasteiger partial charge in [-0.1, -0.05) is 12.1 Å². The summed E-state index contributed by atoms with van der Waals surface area (Å²) < 4.78 is 7.80. The Labute approximate surface area is 187 Å². The number of amides is 1. The first-order chi connectivity index (χ1) is 15.5. The highest BCUT2D eigenvalue weighted by Gasteiger charge is 2.11. The minimum Gasteiger partial charge on any atom is -0.494 e. The Morgan fingerprint density at radius 1 is 1.00 bits per heavy atom. The Balaban J connectivity index is 1.58. The van der Waals surface area contributed by atoms with Crippen LogP contribution in [0, 0.1) is 0 Å². The molecule has 0 aliphatic rings. The Morgan fingerprint density at radius 3 is 2.53 bits per heavy atom. The quantitative estimate of drug-likeness (QED) is 0.432. The lowest BCUT2D eigenvalue weighted by molar-refractivity contribution is 0.0963. The average Bonchev–Trinajstić information content (AvgIpc) is 3.25. The predicted octanol–water partition coefficient (Wildman–Crippen LogP) is 3.75. The van der Waals surface area contributed by atoms with Crippen molar-refractivity contribution in [2.45, 2.75) is 6.42 Å². The lowest BCUT2D eigenvalue weighted by atomic mass is 10.0. The molecule has 2 aromatic heterocycles. The van der Waals surface area contributed by atoms with Gasteiger partial charge in [-0.2, -0.15) is 0 Å². The molecule has 0 fully saturated rings. The second kappa shape index (κ2) is 9.62. The van der Waals surface area contributed by atoms with Crippen LogP contribution >= 0.6 is 0 Å². The predicted molar refractivity (Wildman–Crippen MR) is 126 cm³/mol. The first kappa shape index (κ1) is 21.5. The van der Waals surface area contributed by atoms with Gasteiger partial charge in [-0.25, -0.2) is 0 Å². The Morgan fingerprint density at radius 2 is 1.78 bits per heavy atom. The molecule has 1 N–H and O–H groups in total. The van der Waals surface area contributed by atoms with Crippen molar-refractivity contribution in [2.24, 2.45) is 0 Å². The third kappa shape index (κ3) is 4.78. The SMILES string of the molecule is CNC(=O)c1cccc(-c2ccc3nnc(-c4ccc(OCCCN(C)C)cc4)n3c2)c1. The van der Waals surface area contributed by atoms with Crippen molar-refractivity contribution in [1.82, 2.24) is 24.8 Å². The standard InChI is InChI=1S/C25H27N5O2/c1-26-25(31)20-7-4-6-19(16-20)21-10-13-23-27-28-24(30(23)17-21)18-8-11-22(12-9-18)32-15-5-14-29(2)3/h4,6-13,16-17H,5,14-15H2,1-3H3,(H,26,31). The summed E-state index contributed by atoms with van der Waals surface area (Å²) in [6.45, 7) is 1.68. The van der Waals surface area contributed by atoms with Crippen LogP contribution in [0.25, 0.3) is 28.2 Å². The number of carbonyl (C=O) groups excluding carboxylic acids is 1. The van der Waals surface area contributed by atoms with E-state index in [9.17, 15) is 4.79 Å². The minimum absolute atomic E-state index is 0.109. The van der Waals surface area contributed by atoms with Crippen LogP contribution in [0.3, 0.4) is 0 Å². The van der Waals surface area contributed by atoms with Crippen molar-refractivity contribution in [3.05, 3.63) is 72.4 Å². The Hall–Kier alpha value is -3.71. The second-order valence-corrected chi connectivity index (χ2v) is 7.86. The number of fused-ring (bicyclic) bond motifs is 1. The van der Waals surface area contributed by atoms with Crippen molar-refractivity contribution < 1.29 is 9.53 Å². The van der Waals surface area contributed by atoms with Crippen LogP contribution in [0.1, 0.15) is 16.8 Å². The van der Waals surface area contributed by atoms with Gasteiger partial charge in [0.25, 0.3) is 5.91 Å². The number of nitrogens with zero attached hydrogens (tertiary/aromatic N) is 4. The zero-order chi connectivity index (χ0) is 22.5. The molecule has 0 saturated heterocycles. The fourth-order valence-electron chi connectivity index (χ4n) is 3.51. The molecule has 0 radical (unpaired) electrons. The smallest absolute Gasteiger partial charge is 0.251 e. The van der Waals surface area contributed by atoms with Gasteiger partial charge in [0.2, 0.25) is 0 Å². The monoisotopic (exact) mass is 429 g/mol. The van der Waals surface area contributed by atoms with Crippen LogP contribution in [0.5, 0.6) is 5.75 Å². The summed E-state index contributed by atoms with van der Waals surface area (Å²) in [5.41, 5.74) is 4.26. The number of rotatable bonds is 8. The number of nitrogens with one attached hydrogen (secondary N) is 1. The molecule has 0 bridgehead atoms. The highest BCUT2D eigenvalue weighted by atomic mass is 16.5. The van der Waals surface area contributed by atoms with Crippen molar-refractivity contribution in [3.63, 3.8) is 0 Å². The molecule has 0 spiro atoms. The summed E-state index contributed by atoms with van der Waals surface area (Å²) in [6.07, 6.45) is 2.98. The molecule has 32 heavy (non-hydrogen) atoms. The van der Waals surface area contributed by atoms with E-state index in [1.165, 1.54) is 0 Å². The van der Waals surface area contributed by atoms with Gasteiger partial charge in [-0.05, 0) is 80.2 Å². The van der Waals surface area contributed by atoms with Gasteiger partial charge in [0.05, 0.1) is 6.61 Å². The maximum Gasteiger partial charge on any atom is 0.251 e. The maximum atomic E-state index is 12.0. The molecule has 0 unspecified atom stereocenters. The van der Waals surface area contributed by atoms with E-state index in [0.717, 1.165) is 46.9 Å². The van der Waals surface area contributed by atoms with Crippen LogP contribution in [0.4, 0.5) is 0 Å². The average molecular weight is 430 g/mol. The van der Waals surface area contributed by atoms with E-state index < -0.39 is 0 Å². The second-order valence-electron chi connectivity index (χ2n) is 7.86. The van der Waals surface area contributed by atoms with Gasteiger partial charge < -0.3 is 15.0 Å². The van der Waals surface area contributed by atoms with Gasteiger partial charge >= 0.3 is 0 Å². The van der Waals surface area contributed by atoms with E-state index in [-0.39, 0.29) is 5.91 Å². The summed E-state index contributed by atoms with van der Waals surface area (Å²) in [5.74, 6) is 1.48. The van der Waals surface area contributed by atoms with Crippen molar-refractivity contribution in [1.29, 1.82) is 0 Å². The van der Waals surface area contributed by atoms with Crippen molar-refractivity contribution in [2.75, 3.05) is 34.3 Å². The molecule has 0 aliphatic carbocycles. The first-order valence-electron chi connectivity index (χ1n) is 10.6. The molecule has 2 aromatic carbocycles. The molecular weight excluding hydrogens is 402 g/mol. The van der Waals surface area contributed by atoms with E-state index in [1.807, 2.05) is 65.2 Å². The van der Waals surface area contributed by atoms with Gasteiger partial charge in [-0.3, -0.25) is 9.20 Å². The number of carbonyl (C=O) groups is 1. The zero-order valence-electron chi connectivity index (χ0n) is 18.6. The summed E-state index contributed by atoms with van der Waals surface area (Å²) in [4.78, 5) is 14.1. The number of hydrogen-bond acceptors (Lipinski definition) is 5. The Kier molecular flexibility index (Phi) is 6.47. The summed E-state index contributed by atoms with van der Waals surface area (Å²) >= 11 is 0. The summed E-state index contributed by atoms with van der Waals surface area (Å²) in [6, 6.07) is 19.4. The normalized spacial score (nSPS) is 11.1. The topological polar surface area (TPSA) is 71.8 Å². The molecule has 4 aromatic rings. The number of ether oxygens (including phenoxy) is 1. The van der Waals surface area contributed by atoms with Crippen molar-refractivity contribution in [3.8, 4) is 28.3 Å². The van der Waals surface area contributed by atoms with Crippen molar-refractivity contribution >= 4 is 11.6 Å². The fourth-order valence-corrected chi connectivity index (χ4v) is 3.51. The third-order valence-corrected chi connectivity index (χ3v) is 5.22. The van der Waals surface area contributed by atoms with Crippen LogP contribution in [0.2, 0.25) is 0 Å². The molecule has 0 saturated carbocycles. The van der Waals surface area contributed by atoms with E-state index in [0.29, 0.717) is 12.2 Å². The zero-order valence-corrected chi connectivity index (χ0v) is 18.6. The molecule has 164 valence electrons. The molecular formula is C25H27N5O2. The van der Waals surface area contributed by atoms with E-state index in [2.05, 4.69) is 34.5 Å². The van der Waals surface area contributed by atoms with Crippen LogP contribution < -0.4 is 10.1 Å². The lowest BCUT2D eigenvalue weighted by Gasteiger charge is -2.10. The van der Waals surface area contributed by atoms with E-state index in [1.54, 1.807) is 13.1 Å². The summed E-state index contributed by atoms with van der Waals surface area (Å²) in [5, 5.41) is 11.4. The van der Waals surface area contributed by atoms with Gasteiger partial charge in [0.1, 0.15) is 5.75 Å². The highest BCUT2D eigenvalue weighted by Crippen LogP contribution is 2.25. The van der Waals surface area contributed by atoms with E-state index >= 15 is 0 Å². The number of aromatic nitrogens is 3. The molecule has 7 nitrogen and oxygen atoms in total. The first-order valence-corrected chi connectivity index (χ1v) is 10.6. The molecule has 0 atom stereocenters.